The summed E-state index contributed by atoms with van der Waals surface area (Å²) in [6.07, 6.45) is 1.84. The Kier molecular flexibility index (Phi) is 5.57. The number of carbonyl (C=O) groups excluding carboxylic acids is 1. The molecule has 0 fully saturated rings. The van der Waals surface area contributed by atoms with E-state index >= 15 is 0 Å². The molecule has 1 N–H and O–H groups in total. The van der Waals surface area contributed by atoms with Crippen molar-refractivity contribution >= 4 is 39.2 Å². The van der Waals surface area contributed by atoms with Crippen molar-refractivity contribution in [3.8, 4) is 5.69 Å². The topological polar surface area (TPSA) is 64.0 Å². The highest BCUT2D eigenvalue weighted by atomic mass is 32.2. The molecule has 5 nitrogen and oxygen atoms in total. The van der Waals surface area contributed by atoms with Crippen LogP contribution in [0.15, 0.2) is 63.9 Å². The normalized spacial score (nSPS) is 15.1. The molecule has 1 aliphatic carbocycles. The summed E-state index contributed by atoms with van der Waals surface area (Å²) in [6.45, 7) is 1.65. The molecular weight excluding hydrogens is 445 g/mol. The second kappa shape index (κ2) is 8.52. The summed E-state index contributed by atoms with van der Waals surface area (Å²) in [5.74, 6) is -0.323. The third-order valence-electron chi connectivity index (χ3n) is 5.65. The van der Waals surface area contributed by atoms with Gasteiger partial charge in [0.05, 0.1) is 23.0 Å². The Labute approximate surface area is 192 Å². The van der Waals surface area contributed by atoms with Gasteiger partial charge in [-0.15, -0.1) is 11.3 Å². The molecule has 1 amide bonds. The predicted octanol–water partition coefficient (Wildman–Crippen LogP) is 4.79. The van der Waals surface area contributed by atoms with Crippen LogP contribution in [0.25, 0.3) is 15.9 Å². The van der Waals surface area contributed by atoms with E-state index in [2.05, 4.69) is 22.4 Å². The minimum Gasteiger partial charge on any atom is -0.349 e. The first kappa shape index (κ1) is 20.9. The number of carbonyl (C=O) groups is 1. The first-order valence-corrected chi connectivity index (χ1v) is 12.1. The van der Waals surface area contributed by atoms with Crippen molar-refractivity contribution in [3.05, 3.63) is 86.8 Å². The van der Waals surface area contributed by atoms with Crippen LogP contribution in [-0.2, 0) is 11.2 Å². The van der Waals surface area contributed by atoms with E-state index < -0.39 is 0 Å². The summed E-state index contributed by atoms with van der Waals surface area (Å²) < 4.78 is 15.8. The number of amides is 1. The number of aryl methyl sites for hydroxylation is 2. The summed E-state index contributed by atoms with van der Waals surface area (Å²) in [7, 11) is 0. The fourth-order valence-electron chi connectivity index (χ4n) is 4.06. The van der Waals surface area contributed by atoms with Gasteiger partial charge in [0, 0.05) is 0 Å². The Morgan fingerprint density at radius 1 is 1.28 bits per heavy atom. The Balaban J connectivity index is 1.42. The van der Waals surface area contributed by atoms with E-state index in [0.717, 1.165) is 12.8 Å². The second-order valence-corrected chi connectivity index (χ2v) is 9.61. The van der Waals surface area contributed by atoms with Crippen molar-refractivity contribution in [1.29, 1.82) is 0 Å². The quantitative estimate of drug-likeness (QED) is 0.340. The molecule has 0 radical (unpaired) electrons. The molecule has 2 aromatic carbocycles. The van der Waals surface area contributed by atoms with Gasteiger partial charge < -0.3 is 5.32 Å². The maximum atomic E-state index is 13.8. The molecule has 162 valence electrons. The first-order chi connectivity index (χ1) is 15.5. The van der Waals surface area contributed by atoms with Gasteiger partial charge in [-0.1, -0.05) is 36.0 Å². The van der Waals surface area contributed by atoms with Gasteiger partial charge in [-0.05, 0) is 66.1 Å². The largest absolute Gasteiger partial charge is 0.349 e. The Morgan fingerprint density at radius 2 is 2.12 bits per heavy atom. The van der Waals surface area contributed by atoms with Crippen LogP contribution >= 0.6 is 23.1 Å². The van der Waals surface area contributed by atoms with Crippen molar-refractivity contribution in [3.63, 3.8) is 0 Å². The lowest BCUT2D eigenvalue weighted by molar-refractivity contribution is -0.119. The van der Waals surface area contributed by atoms with E-state index in [1.165, 1.54) is 44.9 Å². The third kappa shape index (κ3) is 3.84. The van der Waals surface area contributed by atoms with Crippen LogP contribution in [0.1, 0.15) is 29.2 Å². The van der Waals surface area contributed by atoms with E-state index in [-0.39, 0.29) is 29.1 Å². The highest BCUT2D eigenvalue weighted by Gasteiger charge is 2.24. The summed E-state index contributed by atoms with van der Waals surface area (Å²) in [5.41, 5.74) is 3.79. The SMILES string of the molecule is Cc1cc(-n2c(SCC(=O)N[C@@H]3CCc4ccccc43)nc3ccsc3c2=O)ccc1F. The number of thiophene rings is 1. The smallest absolute Gasteiger partial charge is 0.276 e. The van der Waals surface area contributed by atoms with Crippen LogP contribution in [0.4, 0.5) is 4.39 Å². The number of benzene rings is 2. The zero-order valence-corrected chi connectivity index (χ0v) is 18.9. The van der Waals surface area contributed by atoms with Gasteiger partial charge in [-0.2, -0.15) is 0 Å². The molecule has 0 spiro atoms. The molecule has 4 aromatic rings. The molecule has 0 saturated heterocycles. The van der Waals surface area contributed by atoms with Crippen LogP contribution in [-0.4, -0.2) is 21.2 Å². The number of hydrogen-bond donors (Lipinski definition) is 1. The van der Waals surface area contributed by atoms with E-state index in [0.29, 0.717) is 26.6 Å². The number of rotatable bonds is 5. The van der Waals surface area contributed by atoms with Crippen LogP contribution in [0.2, 0.25) is 0 Å². The number of hydrogen-bond acceptors (Lipinski definition) is 5. The zero-order chi connectivity index (χ0) is 22.2. The van der Waals surface area contributed by atoms with Crippen molar-refractivity contribution in [2.24, 2.45) is 0 Å². The van der Waals surface area contributed by atoms with E-state index in [9.17, 15) is 14.0 Å². The Morgan fingerprint density at radius 3 is 2.97 bits per heavy atom. The van der Waals surface area contributed by atoms with Gasteiger partial charge in [0.25, 0.3) is 5.56 Å². The van der Waals surface area contributed by atoms with Crippen LogP contribution in [0, 0.1) is 12.7 Å². The number of thioether (sulfide) groups is 1. The Hall–Kier alpha value is -2.97. The van der Waals surface area contributed by atoms with E-state index in [1.807, 2.05) is 17.5 Å². The molecule has 8 heteroatoms. The fraction of sp³-hybridized carbons (Fsp3) is 0.208. The average Bonchev–Trinajstić information content (AvgIpc) is 3.42. The molecule has 1 aliphatic rings. The minimum atomic E-state index is -0.336. The maximum Gasteiger partial charge on any atom is 0.276 e. The van der Waals surface area contributed by atoms with Crippen molar-refractivity contribution in [2.45, 2.75) is 31.0 Å². The third-order valence-corrected chi connectivity index (χ3v) is 7.48. The second-order valence-electron chi connectivity index (χ2n) is 7.75. The minimum absolute atomic E-state index is 0.00792. The number of nitrogens with zero attached hydrogens (tertiary/aromatic N) is 2. The van der Waals surface area contributed by atoms with Gasteiger partial charge in [0.15, 0.2) is 5.16 Å². The van der Waals surface area contributed by atoms with Gasteiger partial charge in [-0.25, -0.2) is 9.37 Å². The van der Waals surface area contributed by atoms with Crippen LogP contribution in [0.3, 0.4) is 0 Å². The summed E-state index contributed by atoms with van der Waals surface area (Å²) in [4.78, 5) is 30.6. The van der Waals surface area contributed by atoms with Gasteiger partial charge in [0.2, 0.25) is 5.91 Å². The monoisotopic (exact) mass is 465 g/mol. The van der Waals surface area contributed by atoms with Gasteiger partial charge in [0.1, 0.15) is 10.5 Å². The molecule has 2 heterocycles. The van der Waals surface area contributed by atoms with Crippen LogP contribution < -0.4 is 10.9 Å². The highest BCUT2D eigenvalue weighted by Crippen LogP contribution is 2.31. The standard InChI is InChI=1S/C24H20FN3O2S2/c1-14-12-16(7-8-18(14)25)28-23(30)22-20(10-11-31-22)27-24(28)32-13-21(29)26-19-9-6-15-4-2-3-5-17(15)19/h2-5,7-8,10-12,19H,6,9,13H2,1H3,(H,26,29)/t19-/m1/s1. The summed E-state index contributed by atoms with van der Waals surface area (Å²) >= 11 is 2.53. The molecule has 0 bridgehead atoms. The first-order valence-electron chi connectivity index (χ1n) is 10.3. The number of aromatic nitrogens is 2. The lowest BCUT2D eigenvalue weighted by atomic mass is 10.1. The van der Waals surface area contributed by atoms with Gasteiger partial charge in [-0.3, -0.25) is 14.2 Å². The molecule has 5 rings (SSSR count). The van der Waals surface area contributed by atoms with Crippen molar-refractivity contribution < 1.29 is 9.18 Å². The van der Waals surface area contributed by atoms with Crippen molar-refractivity contribution in [2.75, 3.05) is 5.75 Å². The van der Waals surface area contributed by atoms with E-state index in [1.54, 1.807) is 25.1 Å². The highest BCUT2D eigenvalue weighted by molar-refractivity contribution is 7.99. The molecule has 1 atom stereocenters. The van der Waals surface area contributed by atoms with Crippen molar-refractivity contribution in [1.82, 2.24) is 14.9 Å². The Bertz CT molecular complexity index is 1400. The molecule has 0 unspecified atom stereocenters. The fourth-order valence-corrected chi connectivity index (χ4v) is 5.64. The number of fused-ring (bicyclic) bond motifs is 2. The molecule has 0 saturated carbocycles. The molecular formula is C24H20FN3O2S2. The molecule has 32 heavy (non-hydrogen) atoms. The molecule has 0 aliphatic heterocycles. The zero-order valence-electron chi connectivity index (χ0n) is 17.3. The summed E-state index contributed by atoms with van der Waals surface area (Å²) in [5, 5.41) is 5.33. The lowest BCUT2D eigenvalue weighted by Gasteiger charge is -2.15. The number of nitrogens with one attached hydrogen (secondary N) is 1. The summed E-state index contributed by atoms with van der Waals surface area (Å²) in [6, 6.07) is 14.5. The predicted molar refractivity (Wildman–Crippen MR) is 126 cm³/mol. The molecule has 2 aromatic heterocycles. The van der Waals surface area contributed by atoms with E-state index in [4.69, 9.17) is 0 Å². The lowest BCUT2D eigenvalue weighted by Crippen LogP contribution is -2.29. The number of halogens is 1. The van der Waals surface area contributed by atoms with Gasteiger partial charge >= 0.3 is 0 Å². The average molecular weight is 466 g/mol. The maximum absolute atomic E-state index is 13.8. The van der Waals surface area contributed by atoms with Crippen LogP contribution in [0.5, 0.6) is 0 Å².